The van der Waals surface area contributed by atoms with Crippen molar-refractivity contribution < 1.29 is 181 Å². The predicted molar refractivity (Wildman–Crippen MR) is 395 cm³/mol. The number of benzene rings is 5. The zero-order chi connectivity index (χ0) is 83.8. The van der Waals surface area contributed by atoms with Crippen LogP contribution in [0.2, 0.25) is 0 Å². The van der Waals surface area contributed by atoms with Crippen LogP contribution in [-0.2, 0) is 96.2 Å². The molecule has 0 saturated carbocycles. The minimum absolute atomic E-state index is 0. The number of halogens is 1. The molecule has 0 atom stereocenters. The maximum absolute atomic E-state index is 12.2. The largest absolute Gasteiger partial charge is 1.00 e. The standard InChI is InChI=1S/C32H40N2O8S2.C24H27N2O2.C15H19NO5S.CH3F.3CO2.K.O3S/c1-6-7-8-18-33-25-17-16-22(44(40,41)42)21-24(25)31(2,3)27(33)14-10-15-28-32(4,5)29-23(30(35)36)12-9-13-26(29)34(28)19-11-20-43(37,38)39;1-24(2)20-13-8-9-14-21(20)26(18-10-4-7-15-23(27)28)22(24)16-17-25-19-11-5-3-6-12-19;1-10-15(2,3)13-11(14(17)18)6-4-7-12(13)16(10)8-5-9-22(19,20)21;1-2;3*2-1-3;;1-4(2)3/h9-10,12-17,21H,6-8,11,18-20H2,1-5H3,(H2-,35,36,37,38,39,40,41,42);3,5-6,9,11-14,16-17H,4,7,10,15,18H2,1-2H3,(H,27,28);4,6-7H,5,8-9H2,1-3H3,(H-,17,18,19,20,21);1H3;;;;;/q;-1;;;;;;+1;/p+1/i;;;1D;;;;;. The molecule has 5 aromatic carbocycles. The number of nitrogens with zero attached hydrogens (tertiary/aromatic N) is 4. The fraction of sp³-hybridized carbons (Fsp3) is 0.400. The van der Waals surface area contributed by atoms with Crippen molar-refractivity contribution in [1.29, 1.82) is 0 Å². The molecule has 9 rings (SSSR count). The number of unbranched alkanes of at least 4 members (excludes halogenated alkanes) is 4. The summed E-state index contributed by atoms with van der Waals surface area (Å²) in [5.41, 5.74) is 10.3. The molecule has 0 aliphatic carbocycles. The molecule has 0 spiro atoms. The van der Waals surface area contributed by atoms with Gasteiger partial charge in [0, 0.05) is 109 Å². The summed E-state index contributed by atoms with van der Waals surface area (Å²) in [6, 6.07) is 34.2. The fourth-order valence-electron chi connectivity index (χ4n) is 13.2. The van der Waals surface area contributed by atoms with Gasteiger partial charge in [-0.3, -0.25) is 13.7 Å². The zero-order valence-corrected chi connectivity index (χ0v) is 69.2. The van der Waals surface area contributed by atoms with E-state index in [1.807, 2.05) is 125 Å². The summed E-state index contributed by atoms with van der Waals surface area (Å²) in [6.45, 7) is 22.4. The molecule has 0 saturated heterocycles. The van der Waals surface area contributed by atoms with E-state index >= 15 is 0 Å². The number of aromatic carboxylic acids is 2. The molecule has 110 heavy (non-hydrogen) atoms. The third-order valence-corrected chi connectivity index (χ3v) is 20.5. The van der Waals surface area contributed by atoms with Gasteiger partial charge in [-0.05, 0) is 101 Å². The average Bonchev–Trinajstić information content (AvgIpc) is 1.60. The Balaban J connectivity index is 0.000000790. The van der Waals surface area contributed by atoms with Gasteiger partial charge in [0.25, 0.3) is 10.1 Å². The number of nitrogens with one attached hydrogen (secondary N) is 1. The van der Waals surface area contributed by atoms with Gasteiger partial charge in [-0.2, -0.15) is 64.5 Å². The maximum atomic E-state index is 12.2. The second-order valence-electron chi connectivity index (χ2n) is 26.4. The number of alkyl halides is 1. The van der Waals surface area contributed by atoms with Crippen LogP contribution in [0, 0.1) is 6.07 Å². The van der Waals surface area contributed by atoms with E-state index in [-0.39, 0.29) is 117 Å². The van der Waals surface area contributed by atoms with Gasteiger partial charge in [-0.1, -0.05) is 89.4 Å². The van der Waals surface area contributed by atoms with Crippen molar-refractivity contribution >= 4 is 123 Å². The first-order valence-corrected chi connectivity index (χ1v) is 39.1. The van der Waals surface area contributed by atoms with Gasteiger partial charge in [-0.15, -0.1) is 18.7 Å². The third-order valence-electron chi connectivity index (χ3n) is 18.1. The minimum atomic E-state index is -4.42. The van der Waals surface area contributed by atoms with Crippen LogP contribution in [0.3, 0.4) is 0 Å². The maximum Gasteiger partial charge on any atom is 1.00 e. The van der Waals surface area contributed by atoms with E-state index in [0.29, 0.717) is 24.3 Å². The average molecular weight is 1630 g/mol. The quantitative estimate of drug-likeness (QED) is 0.0122. The first-order chi connectivity index (χ1) is 51.3. The van der Waals surface area contributed by atoms with Crippen LogP contribution in [-0.4, -0.2) is 179 Å². The number of para-hydroxylation sites is 1. The number of carbonyl (C=O) groups excluding carboxylic acids is 6. The molecule has 35 heteroatoms. The molecule has 590 valence electrons. The molecule has 0 bridgehead atoms. The molecule has 0 aromatic heterocycles. The minimum Gasteiger partial charge on any atom is -0.748 e. The summed E-state index contributed by atoms with van der Waals surface area (Å²) >= 11 is 0. The molecule has 29 nitrogen and oxygen atoms in total. The number of fused-ring (bicyclic) bond motifs is 4. The van der Waals surface area contributed by atoms with Crippen LogP contribution in [0.4, 0.5) is 32.8 Å². The van der Waals surface area contributed by atoms with Crippen LogP contribution in [0.5, 0.6) is 0 Å². The number of carbonyl (C=O) groups is 3. The van der Waals surface area contributed by atoms with Crippen LogP contribution in [0.15, 0.2) is 144 Å². The van der Waals surface area contributed by atoms with Gasteiger partial charge in [0.15, 0.2) is 17.1 Å². The molecular weight excluding hydrogens is 1540 g/mol. The molecule has 4 aliphatic rings. The number of carboxylic acid groups (broad SMARTS) is 3. The van der Waals surface area contributed by atoms with Crippen molar-refractivity contribution in [1.82, 2.24) is 0 Å². The Kier molecular flexibility index (Phi) is 40.5. The Hall–Kier alpha value is -8.60. The Morgan fingerprint density at radius 3 is 1.60 bits per heavy atom. The number of hydrogen-bond acceptors (Lipinski definition) is 22. The van der Waals surface area contributed by atoms with Crippen LogP contribution < -0.4 is 61.6 Å². The van der Waals surface area contributed by atoms with Gasteiger partial charge in [0.2, 0.25) is 11.4 Å². The Morgan fingerprint density at radius 2 is 1.11 bits per heavy atom. The summed E-state index contributed by atoms with van der Waals surface area (Å²) in [7, 11) is -17.2. The van der Waals surface area contributed by atoms with Gasteiger partial charge < -0.3 is 34.6 Å². The van der Waals surface area contributed by atoms with E-state index in [4.69, 9.17) is 47.9 Å². The normalized spacial score (nSPS) is 15.1. The van der Waals surface area contributed by atoms with Crippen molar-refractivity contribution in [3.63, 3.8) is 0 Å². The zero-order valence-electron chi connectivity index (χ0n) is 63.8. The SMILES string of the molecule is CC1(C)C(/C=C/Nc2ccccc2)=[N+](CCCCCC(=O)O)c2cc[c-]cc21.CC1=[N+](CCCS(=O)(=O)[O-])c2cccc(C(=O)O)c2C1(C)C.CCCCCN1/C(=C/C=C/C2=[N+](CCCS(=O)(=O)[O-])c3cccc(C(=O)O)c3C2(C)C)C(C)(C)c2cc(S(=O)(=O)O)ccc21.O=C=O.O=C=O.O=C=O.O=S(=O)=O.[2H]CF.[K+]. The predicted octanol–water partition coefficient (Wildman–Crippen LogP) is 7.06. The number of hydrogen-bond donors (Lipinski definition) is 5. The topological polar surface area (TPSA) is 459 Å². The van der Waals surface area contributed by atoms with Gasteiger partial charge in [-0.25, -0.2) is 31.0 Å². The first-order valence-electron chi connectivity index (χ1n) is 34.2. The van der Waals surface area contributed by atoms with Crippen molar-refractivity contribution in [2.24, 2.45) is 0 Å². The van der Waals surface area contributed by atoms with Crippen molar-refractivity contribution in [3.8, 4) is 0 Å². The molecule has 4 aliphatic heterocycles. The van der Waals surface area contributed by atoms with Gasteiger partial charge >= 0.3 is 98.4 Å². The number of rotatable bonds is 26. The van der Waals surface area contributed by atoms with E-state index < -0.39 is 93.8 Å². The van der Waals surface area contributed by atoms with E-state index in [9.17, 15) is 67.9 Å². The molecular formula is C75H90FKN5O24S4+. The van der Waals surface area contributed by atoms with Crippen molar-refractivity contribution in [2.45, 2.75) is 154 Å². The van der Waals surface area contributed by atoms with Crippen molar-refractivity contribution in [3.05, 3.63) is 179 Å². The Bertz CT molecular complexity index is 4860. The molecule has 5 N–H and O–H groups in total. The number of anilines is 2. The molecule has 0 fully saturated rings. The first kappa shape index (κ1) is 97.5. The molecule has 0 unspecified atom stereocenters. The van der Waals surface area contributed by atoms with E-state index in [1.165, 1.54) is 29.1 Å². The fourth-order valence-corrected chi connectivity index (χ4v) is 14.7. The second kappa shape index (κ2) is 45.7. The van der Waals surface area contributed by atoms with Gasteiger partial charge in [0.05, 0.1) is 66.7 Å². The van der Waals surface area contributed by atoms with E-state index in [2.05, 4.69) is 59.8 Å². The summed E-state index contributed by atoms with van der Waals surface area (Å²) in [4.78, 5) is 85.1. The number of carboxylic acids is 3. The van der Waals surface area contributed by atoms with Gasteiger partial charge in [0.1, 0.15) is 25.3 Å². The third kappa shape index (κ3) is 28.3. The summed E-state index contributed by atoms with van der Waals surface area (Å²) in [5.74, 6) is -3.73. The van der Waals surface area contributed by atoms with E-state index in [0.717, 1.165) is 90.4 Å². The summed E-state index contributed by atoms with van der Waals surface area (Å²) < 4.78 is 147. The second-order valence-corrected chi connectivity index (χ2v) is 31.3. The Labute approximate surface area is 685 Å². The smallest absolute Gasteiger partial charge is 0.748 e. The molecule has 5 aromatic rings. The number of aliphatic carboxylic acids is 1. The van der Waals surface area contributed by atoms with Crippen molar-refractivity contribution in [2.75, 3.05) is 55.1 Å². The summed E-state index contributed by atoms with van der Waals surface area (Å²) in [6.07, 6.45) is 16.7. The van der Waals surface area contributed by atoms with Crippen LogP contribution >= 0.6 is 0 Å². The summed E-state index contributed by atoms with van der Waals surface area (Å²) in [5, 5.41) is 31.5. The molecule has 4 heterocycles. The van der Waals surface area contributed by atoms with Crippen LogP contribution in [0.25, 0.3) is 0 Å². The molecule has 0 amide bonds. The number of allylic oxidation sites excluding steroid dienone is 5. The van der Waals surface area contributed by atoms with Crippen LogP contribution in [0.1, 0.15) is 171 Å². The Morgan fingerprint density at radius 1 is 0.627 bits per heavy atom. The molecule has 0 radical (unpaired) electrons. The monoisotopic (exact) mass is 1630 g/mol. The van der Waals surface area contributed by atoms with E-state index in [1.54, 1.807) is 36.4 Å².